The van der Waals surface area contributed by atoms with E-state index in [0.717, 1.165) is 5.69 Å². The van der Waals surface area contributed by atoms with Gasteiger partial charge in [0, 0.05) is 38.9 Å². The molecule has 0 radical (unpaired) electrons. The molecule has 0 spiro atoms. The van der Waals surface area contributed by atoms with Gasteiger partial charge in [-0.05, 0) is 31.2 Å². The van der Waals surface area contributed by atoms with Gasteiger partial charge in [-0.15, -0.1) is 0 Å². The third kappa shape index (κ3) is 3.11. The third-order valence-corrected chi connectivity index (χ3v) is 6.70. The lowest BCUT2D eigenvalue weighted by molar-refractivity contribution is 0.0688. The molecule has 136 valence electrons. The molecule has 2 heterocycles. The first kappa shape index (κ1) is 18.2. The summed E-state index contributed by atoms with van der Waals surface area (Å²) >= 11 is 0. The molecule has 3 rings (SSSR count). The van der Waals surface area contributed by atoms with Crippen molar-refractivity contribution < 1.29 is 13.2 Å². The zero-order valence-corrected chi connectivity index (χ0v) is 15.5. The van der Waals surface area contributed by atoms with Crippen LogP contribution in [0.2, 0.25) is 0 Å². The second kappa shape index (κ2) is 6.94. The minimum atomic E-state index is -3.75. The molecule has 1 aromatic carbocycles. The Balaban J connectivity index is 1.75. The van der Waals surface area contributed by atoms with Crippen LogP contribution in [0.15, 0.2) is 41.3 Å². The Hall–Kier alpha value is -2.63. The van der Waals surface area contributed by atoms with Crippen LogP contribution >= 0.6 is 0 Å². The molecule has 0 saturated carbocycles. The molecule has 1 aliphatic heterocycles. The highest BCUT2D eigenvalue weighted by Gasteiger charge is 2.32. The number of benzene rings is 1. The zero-order chi connectivity index (χ0) is 18.9. The second-order valence-corrected chi connectivity index (χ2v) is 8.13. The van der Waals surface area contributed by atoms with Crippen LogP contribution in [0.1, 0.15) is 21.7 Å². The van der Waals surface area contributed by atoms with Gasteiger partial charge in [0.05, 0.1) is 10.5 Å². The summed E-state index contributed by atoms with van der Waals surface area (Å²) < 4.78 is 28.8. The zero-order valence-electron chi connectivity index (χ0n) is 14.7. The molecule has 1 aliphatic rings. The second-order valence-electron chi connectivity index (χ2n) is 6.22. The summed E-state index contributed by atoms with van der Waals surface area (Å²) in [5.74, 6) is -0.102. The predicted molar refractivity (Wildman–Crippen MR) is 96.0 cm³/mol. The third-order valence-electron chi connectivity index (χ3n) is 4.74. The van der Waals surface area contributed by atoms with Crippen LogP contribution in [0.3, 0.4) is 0 Å². The van der Waals surface area contributed by atoms with Gasteiger partial charge in [-0.2, -0.15) is 9.57 Å². The van der Waals surface area contributed by atoms with Gasteiger partial charge in [0.15, 0.2) is 0 Å². The molecule has 2 aromatic rings. The van der Waals surface area contributed by atoms with E-state index in [1.165, 1.54) is 16.4 Å². The lowest BCUT2D eigenvalue weighted by Crippen LogP contribution is -2.50. The van der Waals surface area contributed by atoms with E-state index >= 15 is 0 Å². The van der Waals surface area contributed by atoms with E-state index in [4.69, 9.17) is 5.26 Å². The van der Waals surface area contributed by atoms with Crippen LogP contribution in [0, 0.1) is 18.3 Å². The largest absolute Gasteiger partial charge is 0.344 e. The predicted octanol–water partition coefficient (Wildman–Crippen LogP) is 1.35. The quantitative estimate of drug-likeness (QED) is 0.814. The molecule has 0 atom stereocenters. The van der Waals surface area contributed by atoms with Crippen LogP contribution < -0.4 is 0 Å². The number of hydrogen-bond donors (Lipinski definition) is 0. The van der Waals surface area contributed by atoms with E-state index in [1.54, 1.807) is 23.1 Å². The molecular weight excluding hydrogens is 352 g/mol. The molecular formula is C18H20N4O3S. The number of carbonyl (C=O) groups is 1. The number of nitrogens with zero attached hydrogens (tertiary/aromatic N) is 4. The number of rotatable bonds is 3. The molecule has 7 nitrogen and oxygen atoms in total. The molecule has 0 bridgehead atoms. The SMILES string of the molecule is Cc1ccc(C(=O)N2CCN(S(=O)(=O)c3ccccc3C#N)CC2)n1C. The highest BCUT2D eigenvalue weighted by Crippen LogP contribution is 2.21. The fourth-order valence-corrected chi connectivity index (χ4v) is 4.61. The van der Waals surface area contributed by atoms with Crippen LogP contribution in [0.25, 0.3) is 0 Å². The number of carbonyl (C=O) groups excluding carboxylic acids is 1. The standard InChI is InChI=1S/C18H20N4O3S/c1-14-7-8-16(20(14)2)18(23)21-9-11-22(12-10-21)26(24,25)17-6-4-3-5-15(17)13-19/h3-8H,9-12H2,1-2H3. The summed E-state index contributed by atoms with van der Waals surface area (Å²) in [6, 6.07) is 11.8. The van der Waals surface area contributed by atoms with Gasteiger partial charge < -0.3 is 9.47 Å². The summed E-state index contributed by atoms with van der Waals surface area (Å²) in [6.07, 6.45) is 0. The fraction of sp³-hybridized carbons (Fsp3) is 0.333. The summed E-state index contributed by atoms with van der Waals surface area (Å²) in [5.41, 5.74) is 1.71. The van der Waals surface area contributed by atoms with Crippen molar-refractivity contribution in [2.45, 2.75) is 11.8 Å². The minimum absolute atomic E-state index is 0.0142. The van der Waals surface area contributed by atoms with Gasteiger partial charge in [-0.25, -0.2) is 8.42 Å². The number of sulfonamides is 1. The van der Waals surface area contributed by atoms with Crippen molar-refractivity contribution in [2.24, 2.45) is 7.05 Å². The molecule has 0 aliphatic carbocycles. The van der Waals surface area contributed by atoms with Gasteiger partial charge in [-0.1, -0.05) is 12.1 Å². The van der Waals surface area contributed by atoms with Gasteiger partial charge >= 0.3 is 0 Å². The first-order valence-electron chi connectivity index (χ1n) is 8.27. The number of amides is 1. The average Bonchev–Trinajstić information content (AvgIpc) is 3.00. The molecule has 1 amide bonds. The van der Waals surface area contributed by atoms with Gasteiger partial charge in [-0.3, -0.25) is 4.79 Å². The van der Waals surface area contributed by atoms with Crippen LogP contribution in [0.4, 0.5) is 0 Å². The maximum absolute atomic E-state index is 12.8. The van der Waals surface area contributed by atoms with Crippen molar-refractivity contribution in [3.05, 3.63) is 53.3 Å². The average molecular weight is 372 g/mol. The number of nitriles is 1. The van der Waals surface area contributed by atoms with Crippen molar-refractivity contribution in [2.75, 3.05) is 26.2 Å². The summed E-state index contributed by atoms with van der Waals surface area (Å²) in [6.45, 7) is 2.97. The Kier molecular flexibility index (Phi) is 4.85. The Morgan fingerprint density at radius 1 is 1.08 bits per heavy atom. The maximum Gasteiger partial charge on any atom is 0.270 e. The lowest BCUT2D eigenvalue weighted by atomic mass is 10.2. The van der Waals surface area contributed by atoms with Crippen molar-refractivity contribution >= 4 is 15.9 Å². The van der Waals surface area contributed by atoms with E-state index in [2.05, 4.69) is 0 Å². The number of aryl methyl sites for hydroxylation is 1. The topological polar surface area (TPSA) is 86.4 Å². The van der Waals surface area contributed by atoms with Crippen LogP contribution in [0.5, 0.6) is 0 Å². The summed E-state index contributed by atoms with van der Waals surface area (Å²) in [4.78, 5) is 14.3. The molecule has 1 saturated heterocycles. The lowest BCUT2D eigenvalue weighted by Gasteiger charge is -2.34. The summed E-state index contributed by atoms with van der Waals surface area (Å²) in [5, 5.41) is 9.16. The Morgan fingerprint density at radius 3 is 2.31 bits per heavy atom. The first-order valence-corrected chi connectivity index (χ1v) is 9.71. The van der Waals surface area contributed by atoms with Crippen LogP contribution in [-0.2, 0) is 17.1 Å². The molecule has 8 heteroatoms. The fourth-order valence-electron chi connectivity index (χ4n) is 3.04. The Labute approximate surface area is 153 Å². The molecule has 0 N–H and O–H groups in total. The molecule has 26 heavy (non-hydrogen) atoms. The van der Waals surface area contributed by atoms with E-state index in [-0.39, 0.29) is 29.5 Å². The van der Waals surface area contributed by atoms with Crippen molar-refractivity contribution in [3.63, 3.8) is 0 Å². The highest BCUT2D eigenvalue weighted by atomic mass is 32.2. The van der Waals surface area contributed by atoms with Crippen molar-refractivity contribution in [3.8, 4) is 6.07 Å². The first-order chi connectivity index (χ1) is 12.4. The highest BCUT2D eigenvalue weighted by molar-refractivity contribution is 7.89. The molecule has 1 fully saturated rings. The van der Waals surface area contributed by atoms with E-state index < -0.39 is 10.0 Å². The van der Waals surface area contributed by atoms with Crippen molar-refractivity contribution in [1.29, 1.82) is 5.26 Å². The molecule has 0 unspecified atom stereocenters. The minimum Gasteiger partial charge on any atom is -0.344 e. The number of hydrogen-bond acceptors (Lipinski definition) is 4. The van der Waals surface area contributed by atoms with Gasteiger partial charge in [0.1, 0.15) is 11.8 Å². The van der Waals surface area contributed by atoms with E-state index in [0.29, 0.717) is 18.8 Å². The van der Waals surface area contributed by atoms with E-state index in [1.807, 2.05) is 30.7 Å². The monoisotopic (exact) mass is 372 g/mol. The van der Waals surface area contributed by atoms with Gasteiger partial charge in [0.2, 0.25) is 10.0 Å². The van der Waals surface area contributed by atoms with Crippen molar-refractivity contribution in [1.82, 2.24) is 13.8 Å². The summed E-state index contributed by atoms with van der Waals surface area (Å²) in [7, 11) is -1.92. The number of aromatic nitrogens is 1. The normalized spacial score (nSPS) is 15.7. The number of piperazine rings is 1. The van der Waals surface area contributed by atoms with E-state index in [9.17, 15) is 13.2 Å². The van der Waals surface area contributed by atoms with Crippen LogP contribution in [-0.4, -0.2) is 54.3 Å². The molecule has 1 aromatic heterocycles. The smallest absolute Gasteiger partial charge is 0.270 e. The maximum atomic E-state index is 12.8. The Morgan fingerprint density at radius 2 is 1.73 bits per heavy atom. The Bertz CT molecular complexity index is 980. The van der Waals surface area contributed by atoms with Gasteiger partial charge in [0.25, 0.3) is 5.91 Å².